The monoisotopic (exact) mass is 341 g/mol. The minimum absolute atomic E-state index is 0.0625. The molecule has 6 heteroatoms. The first-order chi connectivity index (χ1) is 11.5. The molecular weight excluding hydrogens is 322 g/mol. The first kappa shape index (κ1) is 15.2. The van der Waals surface area contributed by atoms with Crippen LogP contribution in [0.1, 0.15) is 53.2 Å². The van der Waals surface area contributed by atoms with E-state index >= 15 is 0 Å². The first-order valence-corrected chi connectivity index (χ1v) is 9.03. The van der Waals surface area contributed by atoms with Crippen LogP contribution in [0.4, 0.5) is 0 Å². The van der Waals surface area contributed by atoms with Gasteiger partial charge in [0, 0.05) is 10.8 Å². The summed E-state index contributed by atoms with van der Waals surface area (Å²) in [5.74, 6) is 5.96. The van der Waals surface area contributed by atoms with Crippen molar-refractivity contribution in [3.8, 4) is 10.7 Å². The van der Waals surface area contributed by atoms with Crippen molar-refractivity contribution < 1.29 is 9.90 Å². The number of carboxylic acids is 1. The highest BCUT2D eigenvalue weighted by atomic mass is 32.1. The zero-order chi connectivity index (χ0) is 16.8. The smallest absolute Gasteiger partial charge is 0.355 e. The molecule has 1 fully saturated rings. The number of fused-ring (bicyclic) bond motifs is 1. The molecule has 1 aliphatic rings. The molecule has 24 heavy (non-hydrogen) atoms. The van der Waals surface area contributed by atoms with Gasteiger partial charge in [-0.25, -0.2) is 9.78 Å². The Bertz CT molecular complexity index is 935. The zero-order valence-corrected chi connectivity index (χ0v) is 14.3. The largest absolute Gasteiger partial charge is 0.476 e. The Morgan fingerprint density at radius 2 is 2.08 bits per heavy atom. The lowest BCUT2D eigenvalue weighted by atomic mass is 9.94. The van der Waals surface area contributed by atoms with Crippen LogP contribution < -0.4 is 5.84 Å². The van der Waals surface area contributed by atoms with Crippen LogP contribution in [0.25, 0.3) is 21.6 Å². The second-order valence-corrected chi connectivity index (χ2v) is 7.37. The Hall–Kier alpha value is -2.34. The van der Waals surface area contributed by atoms with Crippen LogP contribution in [-0.2, 0) is 0 Å². The number of aromatic nitrogens is 2. The van der Waals surface area contributed by atoms with Gasteiger partial charge in [-0.3, -0.25) is 4.68 Å². The third kappa shape index (κ3) is 2.38. The van der Waals surface area contributed by atoms with Crippen molar-refractivity contribution in [2.45, 2.75) is 38.5 Å². The SMILES string of the molecule is Cc1cc(C2CCCC2)c2c(c1)cc(-c1nc(C(=O)O)cs1)n2N. The highest BCUT2D eigenvalue weighted by Crippen LogP contribution is 2.40. The maximum Gasteiger partial charge on any atom is 0.355 e. The molecule has 0 saturated heterocycles. The van der Waals surface area contributed by atoms with Gasteiger partial charge in [-0.05, 0) is 43.4 Å². The third-order valence-corrected chi connectivity index (χ3v) is 5.71. The highest BCUT2D eigenvalue weighted by Gasteiger charge is 2.23. The van der Waals surface area contributed by atoms with Gasteiger partial charge in [0.1, 0.15) is 5.01 Å². The minimum Gasteiger partial charge on any atom is -0.476 e. The summed E-state index contributed by atoms with van der Waals surface area (Å²) in [6.07, 6.45) is 4.96. The van der Waals surface area contributed by atoms with Gasteiger partial charge in [0.15, 0.2) is 5.69 Å². The number of nitrogen functional groups attached to an aromatic ring is 1. The van der Waals surface area contributed by atoms with Crippen LogP contribution in [0.5, 0.6) is 0 Å². The molecule has 2 heterocycles. The van der Waals surface area contributed by atoms with Gasteiger partial charge in [0.05, 0.1) is 11.2 Å². The van der Waals surface area contributed by atoms with Gasteiger partial charge in [0.2, 0.25) is 0 Å². The van der Waals surface area contributed by atoms with E-state index in [2.05, 4.69) is 24.0 Å². The molecule has 3 N–H and O–H groups in total. The number of hydrogen-bond acceptors (Lipinski definition) is 4. The van der Waals surface area contributed by atoms with Crippen molar-refractivity contribution in [1.29, 1.82) is 0 Å². The van der Waals surface area contributed by atoms with E-state index in [1.54, 1.807) is 10.1 Å². The second-order valence-electron chi connectivity index (χ2n) is 6.52. The summed E-state index contributed by atoms with van der Waals surface area (Å²) in [6.45, 7) is 2.11. The molecule has 5 nitrogen and oxygen atoms in total. The normalized spacial score (nSPS) is 15.4. The molecular formula is C18H19N3O2S. The molecule has 1 aromatic carbocycles. The lowest BCUT2D eigenvalue weighted by Gasteiger charge is -2.14. The van der Waals surface area contributed by atoms with Crippen LogP contribution in [0.15, 0.2) is 23.6 Å². The van der Waals surface area contributed by atoms with E-state index in [1.165, 1.54) is 48.1 Å². The van der Waals surface area contributed by atoms with Crippen LogP contribution in [-0.4, -0.2) is 20.7 Å². The molecule has 0 atom stereocenters. The fraction of sp³-hybridized carbons (Fsp3) is 0.333. The van der Waals surface area contributed by atoms with Gasteiger partial charge in [0.25, 0.3) is 0 Å². The average Bonchev–Trinajstić information content (AvgIpc) is 3.25. The van der Waals surface area contributed by atoms with Gasteiger partial charge >= 0.3 is 5.97 Å². The van der Waals surface area contributed by atoms with E-state index in [0.717, 1.165) is 16.6 Å². The van der Waals surface area contributed by atoms with Crippen molar-refractivity contribution in [2.24, 2.45) is 0 Å². The lowest BCUT2D eigenvalue weighted by molar-refractivity contribution is 0.0691. The molecule has 124 valence electrons. The zero-order valence-electron chi connectivity index (χ0n) is 13.5. The number of aromatic carboxylic acids is 1. The van der Waals surface area contributed by atoms with E-state index in [9.17, 15) is 4.79 Å². The van der Waals surface area contributed by atoms with Crippen LogP contribution in [0.2, 0.25) is 0 Å². The molecule has 3 aromatic rings. The van der Waals surface area contributed by atoms with E-state index < -0.39 is 5.97 Å². The number of thiazole rings is 1. The number of hydrogen-bond donors (Lipinski definition) is 2. The van der Waals surface area contributed by atoms with Crippen LogP contribution >= 0.6 is 11.3 Å². The Balaban J connectivity index is 1.90. The number of nitrogens with zero attached hydrogens (tertiary/aromatic N) is 2. The molecule has 1 saturated carbocycles. The van der Waals surface area contributed by atoms with Gasteiger partial charge in [-0.1, -0.05) is 24.5 Å². The maximum atomic E-state index is 11.1. The summed E-state index contributed by atoms with van der Waals surface area (Å²) in [4.78, 5) is 15.3. The number of carbonyl (C=O) groups is 1. The standard InChI is InChI=1S/C18H19N3O2S/c1-10-6-12-8-15(17-20-14(9-24-17)18(22)23)21(19)16(12)13(7-10)11-4-2-3-5-11/h6-9,11H,2-5,19H2,1H3,(H,22,23). The molecule has 0 spiro atoms. The summed E-state index contributed by atoms with van der Waals surface area (Å²) < 4.78 is 1.69. The average molecular weight is 341 g/mol. The molecule has 0 radical (unpaired) electrons. The predicted molar refractivity (Wildman–Crippen MR) is 96.1 cm³/mol. The molecule has 2 aromatic heterocycles. The minimum atomic E-state index is -1.01. The summed E-state index contributed by atoms with van der Waals surface area (Å²) >= 11 is 1.31. The van der Waals surface area contributed by atoms with Crippen molar-refractivity contribution in [3.05, 3.63) is 40.4 Å². The molecule has 0 bridgehead atoms. The van der Waals surface area contributed by atoms with Crippen molar-refractivity contribution in [2.75, 3.05) is 5.84 Å². The maximum absolute atomic E-state index is 11.1. The predicted octanol–water partition coefficient (Wildman–Crippen LogP) is 4.14. The Kier molecular flexibility index (Phi) is 3.57. The fourth-order valence-corrected chi connectivity index (χ4v) is 4.57. The summed E-state index contributed by atoms with van der Waals surface area (Å²) in [7, 11) is 0. The topological polar surface area (TPSA) is 81.1 Å². The van der Waals surface area contributed by atoms with Gasteiger partial charge in [-0.15, -0.1) is 11.3 Å². The molecule has 0 unspecified atom stereocenters. The molecule has 0 aliphatic heterocycles. The summed E-state index contributed by atoms with van der Waals surface area (Å²) in [5.41, 5.74) is 4.42. The van der Waals surface area contributed by atoms with Crippen molar-refractivity contribution in [3.63, 3.8) is 0 Å². The van der Waals surface area contributed by atoms with E-state index in [1.807, 2.05) is 6.07 Å². The quantitative estimate of drug-likeness (QED) is 0.701. The van der Waals surface area contributed by atoms with E-state index in [4.69, 9.17) is 10.9 Å². The van der Waals surface area contributed by atoms with Crippen LogP contribution in [0.3, 0.4) is 0 Å². The first-order valence-electron chi connectivity index (χ1n) is 8.15. The lowest BCUT2D eigenvalue weighted by Crippen LogP contribution is -2.11. The summed E-state index contributed by atoms with van der Waals surface area (Å²) in [6, 6.07) is 6.40. The Labute approximate surface area is 143 Å². The van der Waals surface area contributed by atoms with Gasteiger partial charge < -0.3 is 10.9 Å². The molecule has 1 aliphatic carbocycles. The number of aryl methyl sites for hydroxylation is 1. The Morgan fingerprint density at radius 1 is 1.33 bits per heavy atom. The fourth-order valence-electron chi connectivity index (χ4n) is 3.76. The van der Waals surface area contributed by atoms with Crippen LogP contribution in [0, 0.1) is 6.92 Å². The highest BCUT2D eigenvalue weighted by molar-refractivity contribution is 7.13. The van der Waals surface area contributed by atoms with E-state index in [-0.39, 0.29) is 5.69 Å². The number of nitrogens with two attached hydrogens (primary N) is 1. The van der Waals surface area contributed by atoms with Gasteiger partial charge in [-0.2, -0.15) is 0 Å². The summed E-state index contributed by atoms with van der Waals surface area (Å²) in [5, 5.41) is 12.4. The Morgan fingerprint density at radius 3 is 2.75 bits per heavy atom. The van der Waals surface area contributed by atoms with E-state index in [0.29, 0.717) is 10.9 Å². The third-order valence-electron chi connectivity index (χ3n) is 4.84. The number of rotatable bonds is 3. The second kappa shape index (κ2) is 5.63. The number of carboxylic acid groups (broad SMARTS) is 1. The van der Waals surface area contributed by atoms with Crippen molar-refractivity contribution in [1.82, 2.24) is 9.66 Å². The number of benzene rings is 1. The molecule has 4 rings (SSSR count). The van der Waals surface area contributed by atoms with Crippen molar-refractivity contribution >= 4 is 28.2 Å². The molecule has 0 amide bonds.